The molecule has 6 nitrogen and oxygen atoms in total. The number of likely N-dealkylation sites (N-methyl/N-ethyl adjacent to an activating group) is 1. The van der Waals surface area contributed by atoms with Gasteiger partial charge in [0.15, 0.2) is 17.5 Å². The summed E-state index contributed by atoms with van der Waals surface area (Å²) in [7, 11) is 3.91. The van der Waals surface area contributed by atoms with Gasteiger partial charge in [0.1, 0.15) is 11.5 Å². The number of carbonyl (C=O) groups excluding carboxylic acids is 1. The molecule has 0 aliphatic carbocycles. The van der Waals surface area contributed by atoms with Crippen molar-refractivity contribution < 1.29 is 13.6 Å². The Bertz CT molecular complexity index is 996. The molecule has 2 N–H and O–H groups in total. The van der Waals surface area contributed by atoms with Crippen LogP contribution in [-0.4, -0.2) is 48.0 Å². The minimum Gasteiger partial charge on any atom is -0.369 e. The number of benzene rings is 2. The third-order valence-electron chi connectivity index (χ3n) is 4.03. The standard InChI is InChI=1S/C21H21F2N5O/c1-28(2)11-10-24-19-13-18(26-20(27-19)14-6-4-3-5-7-14)21(29)25-15-8-9-16(22)17(23)12-15/h3-9,12-13H,10-11H2,1-2H3,(H,25,29)(H,24,26,27). The van der Waals surface area contributed by atoms with Crippen LogP contribution in [0.3, 0.4) is 0 Å². The van der Waals surface area contributed by atoms with Crippen LogP contribution >= 0.6 is 0 Å². The summed E-state index contributed by atoms with van der Waals surface area (Å²) < 4.78 is 26.5. The number of rotatable bonds is 7. The van der Waals surface area contributed by atoms with E-state index >= 15 is 0 Å². The fourth-order valence-electron chi connectivity index (χ4n) is 2.55. The number of nitrogens with one attached hydrogen (secondary N) is 2. The van der Waals surface area contributed by atoms with Crippen molar-refractivity contribution in [3.63, 3.8) is 0 Å². The molecule has 1 heterocycles. The van der Waals surface area contributed by atoms with Gasteiger partial charge in [0, 0.05) is 36.5 Å². The van der Waals surface area contributed by atoms with Gasteiger partial charge in [0.2, 0.25) is 0 Å². The second-order valence-electron chi connectivity index (χ2n) is 6.64. The lowest BCUT2D eigenvalue weighted by atomic mass is 10.2. The number of aromatic nitrogens is 2. The lowest BCUT2D eigenvalue weighted by molar-refractivity contribution is 0.102. The Kier molecular flexibility index (Phi) is 6.46. The number of halogens is 2. The molecule has 3 aromatic rings. The first kappa shape index (κ1) is 20.3. The van der Waals surface area contributed by atoms with Crippen LogP contribution < -0.4 is 10.6 Å². The van der Waals surface area contributed by atoms with Crippen molar-refractivity contribution in [1.82, 2.24) is 14.9 Å². The van der Waals surface area contributed by atoms with Crippen LogP contribution in [0.5, 0.6) is 0 Å². The van der Waals surface area contributed by atoms with E-state index < -0.39 is 17.5 Å². The fraction of sp³-hybridized carbons (Fsp3) is 0.190. The van der Waals surface area contributed by atoms with E-state index in [4.69, 9.17) is 0 Å². The minimum absolute atomic E-state index is 0.107. The number of hydrogen-bond acceptors (Lipinski definition) is 5. The molecule has 150 valence electrons. The summed E-state index contributed by atoms with van der Waals surface area (Å²) in [6.07, 6.45) is 0. The van der Waals surface area contributed by atoms with Gasteiger partial charge in [0.05, 0.1) is 0 Å². The molecule has 0 aliphatic rings. The summed E-state index contributed by atoms with van der Waals surface area (Å²) >= 11 is 0. The molecule has 3 rings (SSSR count). The second kappa shape index (κ2) is 9.20. The third kappa shape index (κ3) is 5.55. The van der Waals surface area contributed by atoms with E-state index in [1.807, 2.05) is 49.3 Å². The van der Waals surface area contributed by atoms with Gasteiger partial charge in [-0.05, 0) is 26.2 Å². The molecule has 8 heteroatoms. The lowest BCUT2D eigenvalue weighted by Crippen LogP contribution is -2.22. The summed E-state index contributed by atoms with van der Waals surface area (Å²) in [5, 5.41) is 5.71. The number of anilines is 2. The SMILES string of the molecule is CN(C)CCNc1cc(C(=O)Nc2ccc(F)c(F)c2)nc(-c2ccccc2)n1. The summed E-state index contributed by atoms with van der Waals surface area (Å²) in [5.41, 5.74) is 0.998. The number of amides is 1. The zero-order chi connectivity index (χ0) is 20.8. The number of carbonyl (C=O) groups is 1. The summed E-state index contributed by atoms with van der Waals surface area (Å²) in [6, 6.07) is 13.9. The highest BCUT2D eigenvalue weighted by atomic mass is 19.2. The van der Waals surface area contributed by atoms with Crippen LogP contribution in [0.4, 0.5) is 20.3 Å². The Labute approximate surface area is 167 Å². The first-order chi connectivity index (χ1) is 13.9. The van der Waals surface area contributed by atoms with E-state index in [9.17, 15) is 13.6 Å². The van der Waals surface area contributed by atoms with E-state index in [0.717, 1.165) is 24.2 Å². The summed E-state index contributed by atoms with van der Waals surface area (Å²) in [4.78, 5) is 23.5. The van der Waals surface area contributed by atoms with Gasteiger partial charge in [-0.15, -0.1) is 0 Å². The minimum atomic E-state index is -1.04. The summed E-state index contributed by atoms with van der Waals surface area (Å²) in [5.74, 6) is -1.69. The van der Waals surface area contributed by atoms with Crippen molar-refractivity contribution >= 4 is 17.4 Å². The Hall–Kier alpha value is -3.39. The molecule has 1 amide bonds. The average molecular weight is 397 g/mol. The number of nitrogens with zero attached hydrogens (tertiary/aromatic N) is 3. The van der Waals surface area contributed by atoms with Crippen LogP contribution in [-0.2, 0) is 0 Å². The molecule has 0 radical (unpaired) electrons. The molecule has 0 aliphatic heterocycles. The molecule has 0 fully saturated rings. The molecule has 0 bridgehead atoms. The maximum absolute atomic E-state index is 13.4. The summed E-state index contributed by atoms with van der Waals surface area (Å²) in [6.45, 7) is 1.41. The third-order valence-corrected chi connectivity index (χ3v) is 4.03. The van der Waals surface area contributed by atoms with Crippen molar-refractivity contribution in [2.75, 3.05) is 37.8 Å². The lowest BCUT2D eigenvalue weighted by Gasteiger charge is -2.13. The average Bonchev–Trinajstić information content (AvgIpc) is 2.71. The molecule has 0 saturated carbocycles. The van der Waals surface area contributed by atoms with Gasteiger partial charge >= 0.3 is 0 Å². The molecular formula is C21H21F2N5O. The topological polar surface area (TPSA) is 70.2 Å². The zero-order valence-electron chi connectivity index (χ0n) is 16.1. The predicted octanol–water partition coefficient (Wildman–Crippen LogP) is 3.65. The fourth-order valence-corrected chi connectivity index (χ4v) is 2.55. The normalized spacial score (nSPS) is 10.8. The molecule has 0 spiro atoms. The van der Waals surface area contributed by atoms with E-state index in [1.165, 1.54) is 12.1 Å². The maximum atomic E-state index is 13.4. The van der Waals surface area contributed by atoms with Crippen molar-refractivity contribution in [2.45, 2.75) is 0 Å². The molecule has 0 unspecified atom stereocenters. The Morgan fingerprint density at radius 1 is 1.00 bits per heavy atom. The molecule has 1 aromatic heterocycles. The smallest absolute Gasteiger partial charge is 0.274 e. The maximum Gasteiger partial charge on any atom is 0.274 e. The largest absolute Gasteiger partial charge is 0.369 e. The molecule has 29 heavy (non-hydrogen) atoms. The second-order valence-corrected chi connectivity index (χ2v) is 6.64. The van der Waals surface area contributed by atoms with Gasteiger partial charge in [-0.3, -0.25) is 4.79 Å². The molecular weight excluding hydrogens is 376 g/mol. The Balaban J connectivity index is 1.88. The highest BCUT2D eigenvalue weighted by Gasteiger charge is 2.14. The quantitative estimate of drug-likeness (QED) is 0.637. The van der Waals surface area contributed by atoms with Gasteiger partial charge in [-0.2, -0.15) is 0 Å². The zero-order valence-corrected chi connectivity index (χ0v) is 16.1. The van der Waals surface area contributed by atoms with E-state index in [0.29, 0.717) is 18.2 Å². The Morgan fingerprint density at radius 3 is 2.45 bits per heavy atom. The Morgan fingerprint density at radius 2 is 1.76 bits per heavy atom. The first-order valence-corrected chi connectivity index (χ1v) is 9.02. The van der Waals surface area contributed by atoms with Crippen molar-refractivity contribution in [2.24, 2.45) is 0 Å². The monoisotopic (exact) mass is 397 g/mol. The van der Waals surface area contributed by atoms with Crippen molar-refractivity contribution in [1.29, 1.82) is 0 Å². The van der Waals surface area contributed by atoms with E-state index in [2.05, 4.69) is 20.6 Å². The predicted molar refractivity (Wildman–Crippen MR) is 109 cm³/mol. The molecule has 0 saturated heterocycles. The first-order valence-electron chi connectivity index (χ1n) is 9.02. The van der Waals surface area contributed by atoms with Crippen molar-refractivity contribution in [3.8, 4) is 11.4 Å². The van der Waals surface area contributed by atoms with Crippen molar-refractivity contribution in [3.05, 3.63) is 71.9 Å². The highest BCUT2D eigenvalue weighted by molar-refractivity contribution is 6.03. The van der Waals surface area contributed by atoms with E-state index in [-0.39, 0.29) is 11.4 Å². The highest BCUT2D eigenvalue weighted by Crippen LogP contribution is 2.19. The van der Waals surface area contributed by atoms with E-state index in [1.54, 1.807) is 0 Å². The van der Waals surface area contributed by atoms with Gasteiger partial charge < -0.3 is 15.5 Å². The van der Waals surface area contributed by atoms with Crippen LogP contribution in [0.15, 0.2) is 54.6 Å². The van der Waals surface area contributed by atoms with Gasteiger partial charge in [-0.1, -0.05) is 30.3 Å². The van der Waals surface area contributed by atoms with Crippen LogP contribution in [0, 0.1) is 11.6 Å². The van der Waals surface area contributed by atoms with Gasteiger partial charge in [-0.25, -0.2) is 18.7 Å². The van der Waals surface area contributed by atoms with Crippen LogP contribution in [0.2, 0.25) is 0 Å². The van der Waals surface area contributed by atoms with Crippen LogP contribution in [0.1, 0.15) is 10.5 Å². The number of hydrogen-bond donors (Lipinski definition) is 2. The molecule has 0 atom stereocenters. The molecule has 2 aromatic carbocycles. The van der Waals surface area contributed by atoms with Gasteiger partial charge in [0.25, 0.3) is 5.91 Å². The van der Waals surface area contributed by atoms with Crippen LogP contribution in [0.25, 0.3) is 11.4 Å².